The van der Waals surface area contributed by atoms with Gasteiger partial charge in [-0.25, -0.2) is 0 Å². The molecular weight excluding hydrogens is 1080 g/mol. The second-order valence-electron chi connectivity index (χ2n) is 26.1. The van der Waals surface area contributed by atoms with Crippen molar-refractivity contribution in [3.63, 3.8) is 0 Å². The molecule has 1 N–H and O–H groups in total. The number of nitrogens with one attached hydrogen (secondary N) is 1. The molecule has 0 aromatic heterocycles. The minimum atomic E-state index is -4.71. The van der Waals surface area contributed by atoms with Crippen LogP contribution < -0.4 is 10.2 Å². The van der Waals surface area contributed by atoms with Crippen molar-refractivity contribution in [3.05, 3.63) is 72.9 Å². The Kier molecular flexibility index (Phi) is 63.5. The van der Waals surface area contributed by atoms with Gasteiger partial charge in [0.1, 0.15) is 19.3 Å². The van der Waals surface area contributed by atoms with Gasteiger partial charge in [0.05, 0.1) is 33.8 Å². The van der Waals surface area contributed by atoms with E-state index in [2.05, 4.69) is 86.8 Å². The van der Waals surface area contributed by atoms with Crippen molar-refractivity contribution in [2.75, 3.05) is 40.9 Å². The van der Waals surface area contributed by atoms with Crippen LogP contribution in [0.25, 0.3) is 0 Å². The first-order valence-corrected chi connectivity index (χ1v) is 38.2. The first-order valence-electron chi connectivity index (χ1n) is 36.7. The predicted octanol–water partition coefficient (Wildman–Crippen LogP) is 22.9. The maximum atomic E-state index is 13.6. The highest BCUT2D eigenvalue weighted by Crippen LogP contribution is 2.38. The summed E-state index contributed by atoms with van der Waals surface area (Å²) in [4.78, 5) is 40.2. The molecule has 0 aliphatic rings. The Balaban J connectivity index is 5.03. The maximum Gasteiger partial charge on any atom is 0.306 e. The molecule has 0 heterocycles. The first kappa shape index (κ1) is 83.5. The number of quaternary nitrogens is 1. The average molecular weight is 1230 g/mol. The summed E-state index contributed by atoms with van der Waals surface area (Å²) in [6.45, 7) is 6.83. The Morgan fingerprint density at radius 1 is 0.407 bits per heavy atom. The van der Waals surface area contributed by atoms with E-state index in [1.165, 1.54) is 218 Å². The van der Waals surface area contributed by atoms with Gasteiger partial charge in [-0.05, 0) is 102 Å². The number of carbonyl (C=O) groups excluding carboxylic acids is 2. The molecule has 0 aliphatic carbocycles. The molecule has 0 fully saturated rings. The molecule has 10 heteroatoms. The van der Waals surface area contributed by atoms with Crippen LogP contribution in [0.5, 0.6) is 0 Å². The fourth-order valence-corrected chi connectivity index (χ4v) is 11.4. The molecule has 502 valence electrons. The number of ether oxygens (including phenoxy) is 1. The molecule has 0 aliphatic heterocycles. The van der Waals surface area contributed by atoms with Gasteiger partial charge in [-0.1, -0.05) is 306 Å². The van der Waals surface area contributed by atoms with Gasteiger partial charge in [-0.2, -0.15) is 0 Å². The van der Waals surface area contributed by atoms with Crippen molar-refractivity contribution in [1.82, 2.24) is 5.32 Å². The van der Waals surface area contributed by atoms with Gasteiger partial charge in [-0.15, -0.1) is 0 Å². The maximum absolute atomic E-state index is 13.6. The van der Waals surface area contributed by atoms with Gasteiger partial charge >= 0.3 is 5.97 Å². The summed E-state index contributed by atoms with van der Waals surface area (Å²) < 4.78 is 30.5. The molecule has 86 heavy (non-hydrogen) atoms. The molecule has 0 bridgehead atoms. The minimum Gasteiger partial charge on any atom is -0.756 e. The van der Waals surface area contributed by atoms with E-state index in [1.807, 2.05) is 33.3 Å². The van der Waals surface area contributed by atoms with Crippen molar-refractivity contribution in [2.45, 2.75) is 360 Å². The van der Waals surface area contributed by atoms with E-state index < -0.39 is 26.6 Å². The zero-order chi connectivity index (χ0) is 62.8. The minimum absolute atomic E-state index is 0.0273. The number of likely N-dealkylation sites (N-methyl/N-ethyl adjacent to an activating group) is 1. The fraction of sp³-hybridized carbons (Fsp3) is 0.816. The van der Waals surface area contributed by atoms with Gasteiger partial charge < -0.3 is 28.5 Å². The molecule has 3 unspecified atom stereocenters. The van der Waals surface area contributed by atoms with Crippen molar-refractivity contribution in [3.8, 4) is 0 Å². The monoisotopic (exact) mass is 1230 g/mol. The number of phosphoric acid groups is 1. The van der Waals surface area contributed by atoms with Crippen LogP contribution in [0.4, 0.5) is 0 Å². The molecule has 9 nitrogen and oxygen atoms in total. The summed E-state index contributed by atoms with van der Waals surface area (Å²) in [6, 6.07) is -0.901. The second-order valence-corrected chi connectivity index (χ2v) is 27.5. The van der Waals surface area contributed by atoms with Crippen LogP contribution in [0.2, 0.25) is 0 Å². The summed E-state index contributed by atoms with van der Waals surface area (Å²) >= 11 is 0. The Labute approximate surface area is 533 Å². The van der Waals surface area contributed by atoms with Crippen molar-refractivity contribution >= 4 is 19.7 Å². The predicted molar refractivity (Wildman–Crippen MR) is 372 cm³/mol. The smallest absolute Gasteiger partial charge is 0.306 e. The summed E-state index contributed by atoms with van der Waals surface area (Å²) in [7, 11) is 1.18. The Hall–Kier alpha value is -2.55. The number of unbranched alkanes of at least 4 members (excludes halogenated alkanes) is 41. The molecule has 0 rings (SSSR count). The van der Waals surface area contributed by atoms with Gasteiger partial charge in [0.15, 0.2) is 0 Å². The number of allylic oxidation sites excluding steroid dienone is 11. The highest BCUT2D eigenvalue weighted by Gasteiger charge is 2.27. The molecule has 0 aromatic carbocycles. The van der Waals surface area contributed by atoms with E-state index in [1.54, 1.807) is 0 Å². The largest absolute Gasteiger partial charge is 0.756 e. The zero-order valence-electron chi connectivity index (χ0n) is 57.5. The van der Waals surface area contributed by atoms with Gasteiger partial charge in [0.25, 0.3) is 7.82 Å². The number of amides is 1. The molecule has 0 saturated carbocycles. The number of hydrogen-bond acceptors (Lipinski definition) is 7. The summed E-state index contributed by atoms with van der Waals surface area (Å²) in [5, 5.41) is 3.04. The zero-order valence-corrected chi connectivity index (χ0v) is 58.4. The van der Waals surface area contributed by atoms with Gasteiger partial charge in [0, 0.05) is 12.8 Å². The van der Waals surface area contributed by atoms with Gasteiger partial charge in [-0.3, -0.25) is 14.2 Å². The molecule has 0 aromatic rings. The lowest BCUT2D eigenvalue weighted by Crippen LogP contribution is -2.47. The van der Waals surface area contributed by atoms with E-state index in [4.69, 9.17) is 13.8 Å². The number of carbonyl (C=O) groups is 2. The van der Waals surface area contributed by atoms with Crippen LogP contribution in [-0.4, -0.2) is 69.4 Å². The molecule has 0 radical (unpaired) electrons. The highest BCUT2D eigenvalue weighted by molar-refractivity contribution is 7.45. The lowest BCUT2D eigenvalue weighted by molar-refractivity contribution is -0.870. The number of nitrogens with zero attached hydrogens (tertiary/aromatic N) is 1. The lowest BCUT2D eigenvalue weighted by Gasteiger charge is -2.30. The quantitative estimate of drug-likeness (QED) is 0.0212. The second kappa shape index (κ2) is 65.4. The molecule has 0 saturated heterocycles. The van der Waals surface area contributed by atoms with E-state index in [0.717, 1.165) is 96.3 Å². The average Bonchev–Trinajstić information content (AvgIpc) is 3.66. The number of phosphoric ester groups is 1. The number of esters is 1. The van der Waals surface area contributed by atoms with Crippen LogP contribution in [0, 0.1) is 0 Å². The first-order chi connectivity index (χ1) is 41.9. The van der Waals surface area contributed by atoms with Crippen molar-refractivity contribution in [2.24, 2.45) is 0 Å². The van der Waals surface area contributed by atoms with Crippen LogP contribution in [0.3, 0.4) is 0 Å². The SMILES string of the molecule is CCCCC/C=C\C/C=C\C/C=C\C/C=C\CCCCCCCC(=O)NC(COP(=O)([O-])OCC[N+](C)(C)C)C(/C=C\CCCCCCCCCCCC)OC(=O)CCCCCCCCCCCCCCCCCCC/C=C/CCCCCCCC. The van der Waals surface area contributed by atoms with Crippen LogP contribution in [0.1, 0.15) is 348 Å². The van der Waals surface area contributed by atoms with E-state index in [-0.39, 0.29) is 24.9 Å². The Morgan fingerprint density at radius 2 is 0.709 bits per heavy atom. The molecule has 0 spiro atoms. The van der Waals surface area contributed by atoms with Crippen molar-refractivity contribution < 1.29 is 37.3 Å². The Bertz CT molecular complexity index is 1700. The summed E-state index contributed by atoms with van der Waals surface area (Å²) in [6.07, 6.45) is 86.1. The van der Waals surface area contributed by atoms with Crippen LogP contribution in [0.15, 0.2) is 72.9 Å². The third-order valence-electron chi connectivity index (χ3n) is 16.4. The Morgan fingerprint density at radius 3 is 1.09 bits per heavy atom. The van der Waals surface area contributed by atoms with Crippen molar-refractivity contribution in [1.29, 1.82) is 0 Å². The molecule has 3 atom stereocenters. The number of rotatable bonds is 67. The topological polar surface area (TPSA) is 114 Å². The fourth-order valence-electron chi connectivity index (χ4n) is 10.7. The van der Waals surface area contributed by atoms with Crippen LogP contribution in [-0.2, 0) is 27.9 Å². The van der Waals surface area contributed by atoms with E-state index in [9.17, 15) is 19.0 Å². The van der Waals surface area contributed by atoms with Gasteiger partial charge in [0.2, 0.25) is 5.91 Å². The molecule has 1 amide bonds. The molecular formula is C76H141N2O7P. The number of hydrogen-bond donors (Lipinski definition) is 1. The lowest BCUT2D eigenvalue weighted by atomic mass is 10.0. The van der Waals surface area contributed by atoms with Crippen LogP contribution >= 0.6 is 7.82 Å². The summed E-state index contributed by atoms with van der Waals surface area (Å²) in [5.41, 5.74) is 0. The normalized spacial score (nSPS) is 13.9. The third kappa shape index (κ3) is 65.9. The highest BCUT2D eigenvalue weighted by atomic mass is 31.2. The van der Waals surface area contributed by atoms with E-state index >= 15 is 0 Å². The summed E-state index contributed by atoms with van der Waals surface area (Å²) in [5.74, 6) is -0.551. The van der Waals surface area contributed by atoms with E-state index in [0.29, 0.717) is 17.4 Å². The third-order valence-corrected chi connectivity index (χ3v) is 17.3. The standard InChI is InChI=1S/C76H141N2O7P/c1-7-10-13-16-19-22-25-28-30-32-34-36-37-38-39-40-41-43-45-47-49-51-54-57-60-63-66-69-76(80)85-74(67-64-61-58-55-52-27-24-21-18-15-12-9-3)73(72-84-86(81,82)83-71-70-78(4,5)6)77-75(79)68-65-62-59-56-53-50-48-46-44-42-35-33-31-29-26-23-20-17-14-11-8-2/h20,23,28-31,35,42,46,48,64,67,73-74H,7-19,21-22,24-27,32-34,36-41,43-45,47,49-63,65-66,68-72H2,1-6H3,(H-,77,79,81,82)/b23-20-,30-28+,31-29-,42-35-,48-46-,67-64-.